The van der Waals surface area contributed by atoms with Gasteiger partial charge in [-0.1, -0.05) is 24.7 Å². The van der Waals surface area contributed by atoms with Gasteiger partial charge in [0.25, 0.3) is 0 Å². The summed E-state index contributed by atoms with van der Waals surface area (Å²) in [4.78, 5) is 12.1. The molecule has 6 heteroatoms. The third-order valence-corrected chi connectivity index (χ3v) is 4.43. The maximum Gasteiger partial charge on any atom is 0.185 e. The summed E-state index contributed by atoms with van der Waals surface area (Å²) >= 11 is 3.32. The summed E-state index contributed by atoms with van der Waals surface area (Å²) in [5.41, 5.74) is 1.02. The summed E-state index contributed by atoms with van der Waals surface area (Å²) in [6, 6.07) is 0. The van der Waals surface area contributed by atoms with Crippen molar-refractivity contribution in [2.45, 2.75) is 19.8 Å². The lowest BCUT2D eigenvalue weighted by Crippen LogP contribution is -2.07. The van der Waals surface area contributed by atoms with E-state index in [2.05, 4.69) is 27.6 Å². The van der Waals surface area contributed by atoms with Crippen LogP contribution in [0.1, 0.15) is 19.8 Å². The highest BCUT2D eigenvalue weighted by Gasteiger charge is 2.09. The van der Waals surface area contributed by atoms with Gasteiger partial charge in [-0.3, -0.25) is 0 Å². The number of hydrogen-bond donors (Lipinski definition) is 1. The maximum absolute atomic E-state index is 4.58. The van der Waals surface area contributed by atoms with Crippen LogP contribution in [0.25, 0.3) is 10.6 Å². The quantitative estimate of drug-likeness (QED) is 0.823. The molecule has 0 aliphatic rings. The van der Waals surface area contributed by atoms with Crippen molar-refractivity contribution >= 4 is 32.9 Å². The van der Waals surface area contributed by atoms with E-state index >= 15 is 0 Å². The van der Waals surface area contributed by atoms with Crippen molar-refractivity contribution in [2.75, 3.05) is 30.9 Å². The van der Waals surface area contributed by atoms with Gasteiger partial charge in [0.05, 0.1) is 10.6 Å². The van der Waals surface area contributed by atoms with Gasteiger partial charge in [0.1, 0.15) is 0 Å². The van der Waals surface area contributed by atoms with E-state index in [-0.39, 0.29) is 0 Å². The maximum atomic E-state index is 4.58. The van der Waals surface area contributed by atoms with Crippen molar-refractivity contribution < 1.29 is 0 Å². The van der Waals surface area contributed by atoms with E-state index in [1.54, 1.807) is 22.7 Å². The first-order valence-electron chi connectivity index (χ1n) is 6.03. The minimum atomic E-state index is 0.995. The number of anilines is 2. The zero-order valence-corrected chi connectivity index (χ0v) is 12.6. The van der Waals surface area contributed by atoms with E-state index in [1.165, 1.54) is 12.8 Å². The first kappa shape index (κ1) is 13.3. The van der Waals surface area contributed by atoms with Crippen molar-refractivity contribution in [2.24, 2.45) is 0 Å². The third kappa shape index (κ3) is 3.20. The Balaban J connectivity index is 2.04. The van der Waals surface area contributed by atoms with Gasteiger partial charge in [-0.15, -0.1) is 11.3 Å². The number of nitrogens with zero attached hydrogens (tertiary/aromatic N) is 3. The average molecular weight is 282 g/mol. The van der Waals surface area contributed by atoms with Crippen LogP contribution in [0.5, 0.6) is 0 Å². The van der Waals surface area contributed by atoms with E-state index in [0.717, 1.165) is 27.4 Å². The first-order valence-corrected chi connectivity index (χ1v) is 7.73. The smallest absolute Gasteiger partial charge is 0.185 e. The predicted octanol–water partition coefficient (Wildman–Crippen LogP) is 3.54. The summed E-state index contributed by atoms with van der Waals surface area (Å²) in [5, 5.41) is 7.44. The molecular weight excluding hydrogens is 264 g/mol. The van der Waals surface area contributed by atoms with Crippen LogP contribution >= 0.6 is 22.7 Å². The number of hydrogen-bond acceptors (Lipinski definition) is 6. The molecule has 0 amide bonds. The summed E-state index contributed by atoms with van der Waals surface area (Å²) in [5.74, 6) is 0. The molecule has 0 saturated carbocycles. The van der Waals surface area contributed by atoms with Gasteiger partial charge in [-0.25, -0.2) is 9.97 Å². The molecule has 0 atom stereocenters. The average Bonchev–Trinajstić information content (AvgIpc) is 2.97. The van der Waals surface area contributed by atoms with Crippen LogP contribution in [0.4, 0.5) is 10.3 Å². The molecule has 0 fully saturated rings. The van der Waals surface area contributed by atoms with Gasteiger partial charge in [-0.2, -0.15) is 0 Å². The topological polar surface area (TPSA) is 41.1 Å². The molecule has 0 aliphatic carbocycles. The Morgan fingerprint density at radius 2 is 2.22 bits per heavy atom. The Labute approximate surface area is 116 Å². The second kappa shape index (κ2) is 6.15. The van der Waals surface area contributed by atoms with Crippen LogP contribution in [0, 0.1) is 0 Å². The SMILES string of the molecule is CCCCNc1nc(-c2cnc(N(C)C)s2)cs1. The molecule has 0 aromatic carbocycles. The van der Waals surface area contributed by atoms with Gasteiger partial charge in [0, 0.05) is 32.2 Å². The molecule has 2 heterocycles. The van der Waals surface area contributed by atoms with Crippen molar-refractivity contribution in [1.82, 2.24) is 9.97 Å². The Morgan fingerprint density at radius 1 is 1.39 bits per heavy atom. The van der Waals surface area contributed by atoms with Gasteiger partial charge < -0.3 is 10.2 Å². The van der Waals surface area contributed by atoms with Gasteiger partial charge in [0.2, 0.25) is 0 Å². The van der Waals surface area contributed by atoms with Crippen LogP contribution in [-0.4, -0.2) is 30.6 Å². The Hall–Kier alpha value is -1.14. The summed E-state index contributed by atoms with van der Waals surface area (Å²) in [6.45, 7) is 3.18. The molecule has 2 rings (SSSR count). The second-order valence-corrected chi connectivity index (χ2v) is 6.09. The largest absolute Gasteiger partial charge is 0.362 e. The molecule has 0 saturated heterocycles. The first-order chi connectivity index (χ1) is 8.70. The highest BCUT2D eigenvalue weighted by Crippen LogP contribution is 2.32. The van der Waals surface area contributed by atoms with Crippen LogP contribution in [0.15, 0.2) is 11.6 Å². The standard InChI is InChI=1S/C12H18N4S2/c1-4-5-6-13-11-15-9(8-17-11)10-7-14-12(18-10)16(2)3/h7-8H,4-6H2,1-3H3,(H,13,15). The number of aromatic nitrogens is 2. The Bertz CT molecular complexity index is 490. The summed E-state index contributed by atoms with van der Waals surface area (Å²) in [6.07, 6.45) is 4.28. The summed E-state index contributed by atoms with van der Waals surface area (Å²) < 4.78 is 0. The van der Waals surface area contributed by atoms with Crippen LogP contribution in [-0.2, 0) is 0 Å². The van der Waals surface area contributed by atoms with Gasteiger partial charge >= 0.3 is 0 Å². The van der Waals surface area contributed by atoms with E-state index in [1.807, 2.05) is 25.2 Å². The fourth-order valence-corrected chi connectivity index (χ4v) is 3.04. The zero-order chi connectivity index (χ0) is 13.0. The van der Waals surface area contributed by atoms with E-state index < -0.39 is 0 Å². The van der Waals surface area contributed by atoms with Crippen LogP contribution < -0.4 is 10.2 Å². The number of unbranched alkanes of at least 4 members (excludes halogenated alkanes) is 1. The molecular formula is C12H18N4S2. The monoisotopic (exact) mass is 282 g/mol. The van der Waals surface area contributed by atoms with E-state index in [0.29, 0.717) is 0 Å². The molecule has 0 spiro atoms. The number of nitrogens with one attached hydrogen (secondary N) is 1. The third-order valence-electron chi connectivity index (χ3n) is 2.44. The molecule has 4 nitrogen and oxygen atoms in total. The fraction of sp³-hybridized carbons (Fsp3) is 0.500. The molecule has 2 aromatic heterocycles. The molecule has 18 heavy (non-hydrogen) atoms. The molecule has 98 valence electrons. The van der Waals surface area contributed by atoms with Gasteiger partial charge in [-0.05, 0) is 6.42 Å². The minimum absolute atomic E-state index is 0.995. The highest BCUT2D eigenvalue weighted by molar-refractivity contribution is 7.19. The lowest BCUT2D eigenvalue weighted by atomic mass is 10.3. The fourth-order valence-electron chi connectivity index (χ4n) is 1.43. The van der Waals surface area contributed by atoms with Crippen molar-refractivity contribution in [3.8, 4) is 10.6 Å². The lowest BCUT2D eigenvalue weighted by Gasteiger charge is -2.04. The number of thiazole rings is 2. The normalized spacial score (nSPS) is 10.6. The zero-order valence-electron chi connectivity index (χ0n) is 10.9. The highest BCUT2D eigenvalue weighted by atomic mass is 32.1. The molecule has 0 bridgehead atoms. The predicted molar refractivity (Wildman–Crippen MR) is 80.9 cm³/mol. The second-order valence-electron chi connectivity index (χ2n) is 4.22. The van der Waals surface area contributed by atoms with Crippen LogP contribution in [0.3, 0.4) is 0 Å². The van der Waals surface area contributed by atoms with Crippen LogP contribution in [0.2, 0.25) is 0 Å². The Morgan fingerprint density at radius 3 is 2.89 bits per heavy atom. The van der Waals surface area contributed by atoms with Gasteiger partial charge in [0.15, 0.2) is 10.3 Å². The Kier molecular flexibility index (Phi) is 4.54. The molecule has 2 aromatic rings. The van der Waals surface area contributed by atoms with Crippen molar-refractivity contribution in [1.29, 1.82) is 0 Å². The van der Waals surface area contributed by atoms with Crippen molar-refractivity contribution in [3.63, 3.8) is 0 Å². The summed E-state index contributed by atoms with van der Waals surface area (Å²) in [7, 11) is 4.00. The molecule has 0 radical (unpaired) electrons. The number of rotatable bonds is 6. The molecule has 0 aliphatic heterocycles. The molecule has 0 unspecified atom stereocenters. The van der Waals surface area contributed by atoms with Crippen molar-refractivity contribution in [3.05, 3.63) is 11.6 Å². The molecule has 1 N–H and O–H groups in total. The van der Waals surface area contributed by atoms with E-state index in [4.69, 9.17) is 0 Å². The minimum Gasteiger partial charge on any atom is -0.362 e. The lowest BCUT2D eigenvalue weighted by molar-refractivity contribution is 0.833. The van der Waals surface area contributed by atoms with E-state index in [9.17, 15) is 0 Å².